The lowest BCUT2D eigenvalue weighted by atomic mass is 10.1. The fraction of sp³-hybridized carbons (Fsp3) is 0.211. The van der Waals surface area contributed by atoms with Gasteiger partial charge in [0.2, 0.25) is 11.1 Å². The van der Waals surface area contributed by atoms with Gasteiger partial charge in [0.15, 0.2) is 5.82 Å². The van der Waals surface area contributed by atoms with E-state index in [2.05, 4.69) is 36.4 Å². The van der Waals surface area contributed by atoms with Gasteiger partial charge in [0.05, 0.1) is 12.9 Å². The van der Waals surface area contributed by atoms with Crippen LogP contribution in [0.3, 0.4) is 0 Å². The predicted molar refractivity (Wildman–Crippen MR) is 110 cm³/mol. The molecule has 140 valence electrons. The van der Waals surface area contributed by atoms with E-state index < -0.39 is 0 Å². The number of nitrogens with zero attached hydrogens (tertiary/aromatic N) is 2. The van der Waals surface area contributed by atoms with Crippen molar-refractivity contribution >= 4 is 33.6 Å². The van der Waals surface area contributed by atoms with Crippen molar-refractivity contribution in [3.63, 3.8) is 0 Å². The summed E-state index contributed by atoms with van der Waals surface area (Å²) >= 11 is 4.71. The smallest absolute Gasteiger partial charge is 0.230 e. The number of nitrogens with one attached hydrogen (secondary N) is 2. The van der Waals surface area contributed by atoms with Gasteiger partial charge >= 0.3 is 0 Å². The number of benzene rings is 2. The molecule has 1 aromatic heterocycles. The van der Waals surface area contributed by atoms with E-state index in [1.807, 2.05) is 48.5 Å². The molecule has 6 nitrogen and oxygen atoms in total. The molecule has 0 saturated heterocycles. The number of methoxy groups -OCH3 is 1. The number of carbonyl (C=O) groups excluding carboxylic acids is 1. The van der Waals surface area contributed by atoms with E-state index >= 15 is 0 Å². The summed E-state index contributed by atoms with van der Waals surface area (Å²) in [4.78, 5) is 16.4. The van der Waals surface area contributed by atoms with Crippen LogP contribution >= 0.6 is 27.7 Å². The Balaban J connectivity index is 1.42. The van der Waals surface area contributed by atoms with Crippen LogP contribution in [0.5, 0.6) is 5.75 Å². The second kappa shape index (κ2) is 9.57. The molecule has 3 rings (SSSR count). The average molecular weight is 447 g/mol. The molecule has 0 unspecified atom stereocenters. The summed E-state index contributed by atoms with van der Waals surface area (Å²) in [6.07, 6.45) is 0.773. The number of carbonyl (C=O) groups is 1. The number of hydrogen-bond acceptors (Lipinski definition) is 5. The van der Waals surface area contributed by atoms with E-state index in [9.17, 15) is 4.79 Å². The molecule has 1 amide bonds. The maximum absolute atomic E-state index is 12.0. The number of hydrogen-bond donors (Lipinski definition) is 2. The van der Waals surface area contributed by atoms with Crippen LogP contribution in [0.15, 0.2) is 58.2 Å². The summed E-state index contributed by atoms with van der Waals surface area (Å²) in [5.41, 5.74) is 2.10. The Morgan fingerprint density at radius 3 is 2.63 bits per heavy atom. The first-order chi connectivity index (χ1) is 13.1. The Labute approximate surface area is 170 Å². The molecule has 0 bridgehead atoms. The van der Waals surface area contributed by atoms with Crippen LogP contribution in [0.2, 0.25) is 0 Å². The molecule has 0 aliphatic carbocycles. The minimum absolute atomic E-state index is 0.0384. The summed E-state index contributed by atoms with van der Waals surface area (Å²) in [6, 6.07) is 15.6. The van der Waals surface area contributed by atoms with Gasteiger partial charge in [0.25, 0.3) is 0 Å². The van der Waals surface area contributed by atoms with Crippen molar-refractivity contribution in [2.75, 3.05) is 19.4 Å². The van der Waals surface area contributed by atoms with Crippen molar-refractivity contribution in [2.45, 2.75) is 11.6 Å². The number of halogens is 1. The number of ether oxygens (including phenoxy) is 1. The molecule has 27 heavy (non-hydrogen) atoms. The van der Waals surface area contributed by atoms with E-state index in [0.717, 1.165) is 27.8 Å². The molecule has 0 atom stereocenters. The molecule has 3 aromatic rings. The number of rotatable bonds is 8. The van der Waals surface area contributed by atoms with E-state index in [-0.39, 0.29) is 11.7 Å². The van der Waals surface area contributed by atoms with Gasteiger partial charge in [0, 0.05) is 16.6 Å². The number of aromatic amines is 1. The lowest BCUT2D eigenvalue weighted by Crippen LogP contribution is -2.27. The van der Waals surface area contributed by atoms with Gasteiger partial charge in [-0.3, -0.25) is 9.89 Å². The Bertz CT molecular complexity index is 881. The molecule has 0 spiro atoms. The molecule has 0 saturated carbocycles. The maximum Gasteiger partial charge on any atom is 0.230 e. The van der Waals surface area contributed by atoms with Gasteiger partial charge in [-0.2, -0.15) is 0 Å². The number of aromatic nitrogens is 3. The van der Waals surface area contributed by atoms with Crippen LogP contribution in [-0.4, -0.2) is 40.5 Å². The van der Waals surface area contributed by atoms with Crippen molar-refractivity contribution in [3.05, 3.63) is 58.6 Å². The van der Waals surface area contributed by atoms with Gasteiger partial charge in [0.1, 0.15) is 5.75 Å². The number of amides is 1. The van der Waals surface area contributed by atoms with E-state index in [1.54, 1.807) is 7.11 Å². The fourth-order valence-corrected chi connectivity index (χ4v) is 3.26. The van der Waals surface area contributed by atoms with Gasteiger partial charge in [-0.25, -0.2) is 4.98 Å². The zero-order valence-electron chi connectivity index (χ0n) is 14.7. The average Bonchev–Trinajstić information content (AvgIpc) is 3.16. The van der Waals surface area contributed by atoms with E-state index in [1.165, 1.54) is 11.8 Å². The van der Waals surface area contributed by atoms with Crippen LogP contribution in [-0.2, 0) is 11.2 Å². The van der Waals surface area contributed by atoms with Crippen LogP contribution in [0, 0.1) is 0 Å². The van der Waals surface area contributed by atoms with Crippen molar-refractivity contribution in [3.8, 4) is 17.1 Å². The van der Waals surface area contributed by atoms with Crippen molar-refractivity contribution in [2.24, 2.45) is 0 Å². The fourth-order valence-electron chi connectivity index (χ4n) is 2.37. The highest BCUT2D eigenvalue weighted by atomic mass is 79.9. The largest absolute Gasteiger partial charge is 0.497 e. The molecular formula is C19H19BrN4O2S. The second-order valence-corrected chi connectivity index (χ2v) is 7.57. The molecule has 2 aromatic carbocycles. The minimum atomic E-state index is -0.0384. The van der Waals surface area contributed by atoms with E-state index in [4.69, 9.17) is 4.74 Å². The third-order valence-electron chi connectivity index (χ3n) is 3.81. The molecule has 0 aliphatic rings. The Kier molecular flexibility index (Phi) is 6.89. The molecule has 0 radical (unpaired) electrons. The third kappa shape index (κ3) is 5.83. The minimum Gasteiger partial charge on any atom is -0.497 e. The summed E-state index contributed by atoms with van der Waals surface area (Å²) in [6.45, 7) is 0.587. The van der Waals surface area contributed by atoms with Gasteiger partial charge in [-0.05, 0) is 36.2 Å². The normalized spacial score (nSPS) is 10.6. The number of H-pyrrole nitrogens is 1. The summed E-state index contributed by atoms with van der Waals surface area (Å²) in [7, 11) is 1.64. The van der Waals surface area contributed by atoms with E-state index in [0.29, 0.717) is 17.5 Å². The monoisotopic (exact) mass is 446 g/mol. The van der Waals surface area contributed by atoms with Crippen molar-refractivity contribution in [1.29, 1.82) is 0 Å². The number of thioether (sulfide) groups is 1. The van der Waals surface area contributed by atoms with Crippen LogP contribution in [0.4, 0.5) is 0 Å². The van der Waals surface area contributed by atoms with Crippen LogP contribution in [0.1, 0.15) is 5.56 Å². The predicted octanol–water partition coefficient (Wildman–Crippen LogP) is 3.69. The zero-order chi connectivity index (χ0) is 19.1. The van der Waals surface area contributed by atoms with Gasteiger partial charge < -0.3 is 10.1 Å². The van der Waals surface area contributed by atoms with Crippen molar-refractivity contribution in [1.82, 2.24) is 20.5 Å². The quantitative estimate of drug-likeness (QED) is 0.515. The lowest BCUT2D eigenvalue weighted by Gasteiger charge is -2.05. The first kappa shape index (κ1) is 19.4. The first-order valence-corrected chi connectivity index (χ1v) is 10.1. The highest BCUT2D eigenvalue weighted by molar-refractivity contribution is 9.10. The topological polar surface area (TPSA) is 79.9 Å². The highest BCUT2D eigenvalue weighted by Gasteiger charge is 2.09. The van der Waals surface area contributed by atoms with Gasteiger partial charge in [-0.1, -0.05) is 52.0 Å². The molecule has 0 aliphatic heterocycles. The third-order valence-corrected chi connectivity index (χ3v) is 5.19. The highest BCUT2D eigenvalue weighted by Crippen LogP contribution is 2.21. The second-order valence-electron chi connectivity index (χ2n) is 5.71. The summed E-state index contributed by atoms with van der Waals surface area (Å²) in [5.74, 6) is 1.75. The molecule has 1 heterocycles. The Morgan fingerprint density at radius 2 is 1.93 bits per heavy atom. The zero-order valence-corrected chi connectivity index (χ0v) is 17.1. The summed E-state index contributed by atoms with van der Waals surface area (Å²) < 4.78 is 6.14. The van der Waals surface area contributed by atoms with Crippen LogP contribution in [0.25, 0.3) is 11.4 Å². The first-order valence-electron chi connectivity index (χ1n) is 8.35. The molecular weight excluding hydrogens is 428 g/mol. The van der Waals surface area contributed by atoms with Crippen molar-refractivity contribution < 1.29 is 9.53 Å². The summed E-state index contributed by atoms with van der Waals surface area (Å²) in [5, 5.41) is 10.5. The SMILES string of the molecule is COc1ccc(CCNC(=O)CSc2n[nH]c(-c3ccc(Br)cc3)n2)cc1. The lowest BCUT2D eigenvalue weighted by molar-refractivity contribution is -0.118. The Hall–Kier alpha value is -2.32. The molecule has 0 fully saturated rings. The maximum atomic E-state index is 12.0. The molecule has 2 N–H and O–H groups in total. The van der Waals surface area contributed by atoms with Gasteiger partial charge in [-0.15, -0.1) is 5.10 Å². The van der Waals surface area contributed by atoms with Crippen LogP contribution < -0.4 is 10.1 Å². The Morgan fingerprint density at radius 1 is 1.19 bits per heavy atom. The standard InChI is InChI=1S/C19H19BrN4O2S/c1-26-16-8-2-13(3-9-16)10-11-21-17(25)12-27-19-22-18(23-24-19)14-4-6-15(20)7-5-14/h2-9H,10-12H2,1H3,(H,21,25)(H,22,23,24). The molecule has 8 heteroatoms.